The molecule has 0 radical (unpaired) electrons. The molecule has 3 rings (SSSR count). The van der Waals surface area contributed by atoms with Gasteiger partial charge in [0.05, 0.1) is 24.8 Å². The number of carbonyl (C=O) groups is 1. The first-order chi connectivity index (χ1) is 10.3. The molecule has 1 N–H and O–H groups in total. The molecule has 2 aromatic rings. The topological polar surface area (TPSA) is 56.1 Å². The molecule has 0 saturated carbocycles. The summed E-state index contributed by atoms with van der Waals surface area (Å²) in [6.45, 7) is 0.292. The van der Waals surface area contributed by atoms with E-state index in [0.717, 1.165) is 18.5 Å². The number of benzene rings is 1. The summed E-state index contributed by atoms with van der Waals surface area (Å²) < 4.78 is 7.20. The van der Waals surface area contributed by atoms with Gasteiger partial charge >= 0.3 is 0 Å². The van der Waals surface area contributed by atoms with E-state index >= 15 is 0 Å². The van der Waals surface area contributed by atoms with E-state index < -0.39 is 0 Å². The van der Waals surface area contributed by atoms with Crippen LogP contribution in [0.15, 0.2) is 30.6 Å². The SMILES string of the molecule is COc1ccccc1NC(=O)Cn1cnc2c1CCCC2. The summed E-state index contributed by atoms with van der Waals surface area (Å²) in [4.78, 5) is 16.6. The highest BCUT2D eigenvalue weighted by molar-refractivity contribution is 5.92. The number of amides is 1. The lowest BCUT2D eigenvalue weighted by atomic mass is 10.0. The average molecular weight is 285 g/mol. The molecular weight excluding hydrogens is 266 g/mol. The smallest absolute Gasteiger partial charge is 0.244 e. The van der Waals surface area contributed by atoms with Gasteiger partial charge in [-0.2, -0.15) is 0 Å². The number of hydrogen-bond acceptors (Lipinski definition) is 3. The molecule has 1 heterocycles. The van der Waals surface area contributed by atoms with E-state index in [1.54, 1.807) is 13.4 Å². The predicted molar refractivity (Wildman–Crippen MR) is 80.5 cm³/mol. The normalized spacial score (nSPS) is 13.6. The summed E-state index contributed by atoms with van der Waals surface area (Å²) in [5, 5.41) is 2.89. The molecule has 1 aromatic heterocycles. The Balaban J connectivity index is 1.71. The molecule has 110 valence electrons. The lowest BCUT2D eigenvalue weighted by Crippen LogP contribution is -2.20. The van der Waals surface area contributed by atoms with Crippen LogP contribution in [-0.2, 0) is 24.2 Å². The molecule has 0 bridgehead atoms. The van der Waals surface area contributed by atoms with Crippen molar-refractivity contribution in [2.75, 3.05) is 12.4 Å². The molecule has 1 aliphatic rings. The second kappa shape index (κ2) is 5.99. The van der Waals surface area contributed by atoms with Crippen LogP contribution in [0.25, 0.3) is 0 Å². The van der Waals surface area contributed by atoms with Gasteiger partial charge in [0.25, 0.3) is 0 Å². The molecule has 0 atom stereocenters. The molecular formula is C16H19N3O2. The third kappa shape index (κ3) is 2.91. The summed E-state index contributed by atoms with van der Waals surface area (Å²) >= 11 is 0. The second-order valence-corrected chi connectivity index (χ2v) is 5.22. The number of carbonyl (C=O) groups excluding carboxylic acids is 1. The Morgan fingerprint density at radius 1 is 1.33 bits per heavy atom. The summed E-state index contributed by atoms with van der Waals surface area (Å²) in [7, 11) is 1.59. The van der Waals surface area contributed by atoms with E-state index in [4.69, 9.17) is 4.74 Å². The minimum absolute atomic E-state index is 0.0646. The van der Waals surface area contributed by atoms with Gasteiger partial charge in [0.1, 0.15) is 12.3 Å². The van der Waals surface area contributed by atoms with Crippen LogP contribution in [0, 0.1) is 0 Å². The molecule has 1 aromatic carbocycles. The fourth-order valence-electron chi connectivity index (χ4n) is 2.76. The minimum atomic E-state index is -0.0646. The molecule has 0 saturated heterocycles. The van der Waals surface area contributed by atoms with E-state index in [9.17, 15) is 4.79 Å². The Kier molecular flexibility index (Phi) is 3.90. The van der Waals surface area contributed by atoms with Crippen molar-refractivity contribution in [1.82, 2.24) is 9.55 Å². The molecule has 1 aliphatic carbocycles. The summed E-state index contributed by atoms with van der Waals surface area (Å²) in [5.41, 5.74) is 3.04. The van der Waals surface area contributed by atoms with E-state index in [-0.39, 0.29) is 5.91 Å². The monoisotopic (exact) mass is 285 g/mol. The van der Waals surface area contributed by atoms with Crippen molar-refractivity contribution in [3.05, 3.63) is 42.0 Å². The highest BCUT2D eigenvalue weighted by Gasteiger charge is 2.17. The van der Waals surface area contributed by atoms with Crippen LogP contribution in [0.1, 0.15) is 24.2 Å². The van der Waals surface area contributed by atoms with Crippen LogP contribution in [-0.4, -0.2) is 22.6 Å². The van der Waals surface area contributed by atoms with Crippen molar-refractivity contribution < 1.29 is 9.53 Å². The van der Waals surface area contributed by atoms with Crippen LogP contribution >= 0.6 is 0 Å². The van der Waals surface area contributed by atoms with Crippen molar-refractivity contribution in [2.45, 2.75) is 32.2 Å². The number of aromatic nitrogens is 2. The van der Waals surface area contributed by atoms with Gasteiger partial charge < -0.3 is 14.6 Å². The van der Waals surface area contributed by atoms with E-state index in [1.807, 2.05) is 28.8 Å². The first kappa shape index (κ1) is 13.7. The fourth-order valence-corrected chi connectivity index (χ4v) is 2.76. The molecule has 5 nitrogen and oxygen atoms in total. The molecule has 0 unspecified atom stereocenters. The maximum absolute atomic E-state index is 12.2. The number of nitrogens with zero attached hydrogens (tertiary/aromatic N) is 2. The van der Waals surface area contributed by atoms with Gasteiger partial charge in [0.2, 0.25) is 5.91 Å². The van der Waals surface area contributed by atoms with Gasteiger partial charge in [0, 0.05) is 5.69 Å². The number of methoxy groups -OCH3 is 1. The molecule has 1 amide bonds. The lowest BCUT2D eigenvalue weighted by Gasteiger charge is -2.14. The van der Waals surface area contributed by atoms with Gasteiger partial charge in [0.15, 0.2) is 0 Å². The highest BCUT2D eigenvalue weighted by atomic mass is 16.5. The third-order valence-corrected chi connectivity index (χ3v) is 3.80. The van der Waals surface area contributed by atoms with Gasteiger partial charge in [-0.15, -0.1) is 0 Å². The van der Waals surface area contributed by atoms with Crippen molar-refractivity contribution in [3.63, 3.8) is 0 Å². The first-order valence-corrected chi connectivity index (χ1v) is 7.23. The Morgan fingerprint density at radius 3 is 3.00 bits per heavy atom. The Hall–Kier alpha value is -2.30. The number of hydrogen-bond donors (Lipinski definition) is 1. The zero-order chi connectivity index (χ0) is 14.7. The van der Waals surface area contributed by atoms with Gasteiger partial charge in [-0.25, -0.2) is 4.98 Å². The highest BCUT2D eigenvalue weighted by Crippen LogP contribution is 2.23. The third-order valence-electron chi connectivity index (χ3n) is 3.80. The van der Waals surface area contributed by atoms with Crippen molar-refractivity contribution in [2.24, 2.45) is 0 Å². The van der Waals surface area contributed by atoms with Crippen molar-refractivity contribution in [3.8, 4) is 5.75 Å². The molecule has 21 heavy (non-hydrogen) atoms. The van der Waals surface area contributed by atoms with Gasteiger partial charge in [-0.05, 0) is 37.8 Å². The van der Waals surface area contributed by atoms with Crippen molar-refractivity contribution in [1.29, 1.82) is 0 Å². The van der Waals surface area contributed by atoms with Crippen LogP contribution in [0.5, 0.6) is 5.75 Å². The Labute approximate surface area is 124 Å². The van der Waals surface area contributed by atoms with Crippen LogP contribution in [0.2, 0.25) is 0 Å². The molecule has 5 heteroatoms. The second-order valence-electron chi connectivity index (χ2n) is 5.22. The van der Waals surface area contributed by atoms with E-state index in [1.165, 1.54) is 18.5 Å². The molecule has 0 fully saturated rings. The average Bonchev–Trinajstić information content (AvgIpc) is 2.91. The lowest BCUT2D eigenvalue weighted by molar-refractivity contribution is -0.116. The number of fused-ring (bicyclic) bond motifs is 1. The zero-order valence-corrected chi connectivity index (χ0v) is 12.1. The van der Waals surface area contributed by atoms with Crippen LogP contribution < -0.4 is 10.1 Å². The quantitative estimate of drug-likeness (QED) is 0.938. The van der Waals surface area contributed by atoms with Gasteiger partial charge in [-0.3, -0.25) is 4.79 Å². The number of ether oxygens (including phenoxy) is 1. The largest absolute Gasteiger partial charge is 0.495 e. The zero-order valence-electron chi connectivity index (χ0n) is 12.1. The Bertz CT molecular complexity index is 649. The number of para-hydroxylation sites is 2. The predicted octanol–water partition coefficient (Wildman–Crippen LogP) is 2.41. The van der Waals surface area contributed by atoms with E-state index in [2.05, 4.69) is 10.3 Å². The fraction of sp³-hybridized carbons (Fsp3) is 0.375. The minimum Gasteiger partial charge on any atom is -0.495 e. The van der Waals surface area contributed by atoms with E-state index in [0.29, 0.717) is 18.0 Å². The molecule has 0 aliphatic heterocycles. The summed E-state index contributed by atoms with van der Waals surface area (Å²) in [5.74, 6) is 0.601. The number of rotatable bonds is 4. The van der Waals surface area contributed by atoms with Crippen molar-refractivity contribution >= 4 is 11.6 Å². The standard InChI is InChI=1S/C16H19N3O2/c1-21-15-9-5-3-7-13(15)18-16(20)10-19-11-17-12-6-2-4-8-14(12)19/h3,5,7,9,11H,2,4,6,8,10H2,1H3,(H,18,20). The summed E-state index contributed by atoms with van der Waals surface area (Å²) in [6.07, 6.45) is 6.18. The maximum atomic E-state index is 12.2. The Morgan fingerprint density at radius 2 is 2.14 bits per heavy atom. The summed E-state index contributed by atoms with van der Waals surface area (Å²) in [6, 6.07) is 7.41. The number of anilines is 1. The number of nitrogens with one attached hydrogen (secondary N) is 1. The molecule has 0 spiro atoms. The number of aryl methyl sites for hydroxylation is 1. The van der Waals surface area contributed by atoms with Crippen LogP contribution in [0.4, 0.5) is 5.69 Å². The van der Waals surface area contributed by atoms with Crippen LogP contribution in [0.3, 0.4) is 0 Å². The number of imidazole rings is 1. The maximum Gasteiger partial charge on any atom is 0.244 e. The van der Waals surface area contributed by atoms with Gasteiger partial charge in [-0.1, -0.05) is 12.1 Å². The first-order valence-electron chi connectivity index (χ1n) is 7.23.